The Morgan fingerprint density at radius 2 is 1.59 bits per heavy atom. The van der Waals surface area contributed by atoms with Gasteiger partial charge in [-0.05, 0) is 62.7 Å². The molecule has 0 N–H and O–H groups in total. The number of hydrogen-bond donors (Lipinski definition) is 0. The van der Waals surface area contributed by atoms with E-state index >= 15 is 0 Å². The quantitative estimate of drug-likeness (QED) is 0.705. The zero-order valence-electron chi connectivity index (χ0n) is 13.5. The van der Waals surface area contributed by atoms with E-state index in [1.807, 2.05) is 0 Å². The molecule has 5 nitrogen and oxygen atoms in total. The van der Waals surface area contributed by atoms with E-state index in [9.17, 15) is 9.59 Å². The monoisotopic (exact) mass is 310 g/mol. The van der Waals surface area contributed by atoms with E-state index in [-0.39, 0.29) is 31.2 Å². The Morgan fingerprint density at radius 1 is 1.00 bits per heavy atom. The Bertz CT molecular complexity index is 416. The van der Waals surface area contributed by atoms with Crippen LogP contribution in [-0.4, -0.2) is 37.9 Å². The standard InChI is InChI=1S/C17H26O5/c1-17(22-15(18)3-4-21-16(19)10-20-2)13-6-11-5-12(8-13)9-14(17)7-11/h11-14H,3-10H2,1-2H3. The number of hydrogen-bond acceptors (Lipinski definition) is 5. The number of methoxy groups -OCH3 is 1. The smallest absolute Gasteiger partial charge is 0.332 e. The first kappa shape index (κ1) is 15.8. The van der Waals surface area contributed by atoms with Crippen molar-refractivity contribution < 1.29 is 23.8 Å². The maximum absolute atomic E-state index is 12.1. The van der Waals surface area contributed by atoms with Crippen molar-refractivity contribution in [2.75, 3.05) is 20.3 Å². The van der Waals surface area contributed by atoms with E-state index in [0.29, 0.717) is 11.8 Å². The van der Waals surface area contributed by atoms with Crippen LogP contribution in [0.15, 0.2) is 0 Å². The highest BCUT2D eigenvalue weighted by Crippen LogP contribution is 2.59. The summed E-state index contributed by atoms with van der Waals surface area (Å²) in [5.41, 5.74) is -0.305. The average Bonchev–Trinajstić information content (AvgIpc) is 2.44. The van der Waals surface area contributed by atoms with Crippen LogP contribution in [0.4, 0.5) is 0 Å². The number of carbonyl (C=O) groups is 2. The van der Waals surface area contributed by atoms with Crippen LogP contribution in [0.3, 0.4) is 0 Å². The molecule has 4 bridgehead atoms. The Balaban J connectivity index is 1.50. The summed E-state index contributed by atoms with van der Waals surface area (Å²) >= 11 is 0. The van der Waals surface area contributed by atoms with Crippen LogP contribution < -0.4 is 0 Å². The first-order valence-electron chi connectivity index (χ1n) is 8.37. The molecule has 0 aromatic rings. The maximum Gasteiger partial charge on any atom is 0.332 e. The molecule has 0 heterocycles. The minimum Gasteiger partial charge on any atom is -0.463 e. The highest BCUT2D eigenvalue weighted by molar-refractivity contribution is 5.72. The molecule has 0 spiro atoms. The van der Waals surface area contributed by atoms with E-state index in [0.717, 1.165) is 11.8 Å². The molecular formula is C17H26O5. The minimum atomic E-state index is -0.448. The van der Waals surface area contributed by atoms with Crippen molar-refractivity contribution in [3.63, 3.8) is 0 Å². The molecule has 22 heavy (non-hydrogen) atoms. The summed E-state index contributed by atoms with van der Waals surface area (Å²) in [5.74, 6) is 2.04. The van der Waals surface area contributed by atoms with Crippen LogP contribution >= 0.6 is 0 Å². The zero-order valence-corrected chi connectivity index (χ0v) is 13.5. The SMILES string of the molecule is COCC(=O)OCCC(=O)OC1(C)C2CC3CC(C2)CC1C3. The van der Waals surface area contributed by atoms with Gasteiger partial charge in [0, 0.05) is 7.11 Å². The van der Waals surface area contributed by atoms with E-state index in [1.54, 1.807) is 0 Å². The van der Waals surface area contributed by atoms with Gasteiger partial charge in [-0.3, -0.25) is 4.79 Å². The van der Waals surface area contributed by atoms with E-state index < -0.39 is 5.97 Å². The highest BCUT2D eigenvalue weighted by atomic mass is 16.6. The molecule has 0 unspecified atom stereocenters. The largest absolute Gasteiger partial charge is 0.463 e. The van der Waals surface area contributed by atoms with E-state index in [1.165, 1.54) is 39.2 Å². The minimum absolute atomic E-state index is 0.0672. The van der Waals surface area contributed by atoms with Crippen LogP contribution in [0.1, 0.15) is 45.4 Å². The van der Waals surface area contributed by atoms with Crippen LogP contribution in [-0.2, 0) is 23.8 Å². The third-order valence-corrected chi connectivity index (χ3v) is 5.92. The molecule has 124 valence electrons. The van der Waals surface area contributed by atoms with Crippen molar-refractivity contribution in [1.29, 1.82) is 0 Å². The predicted molar refractivity (Wildman–Crippen MR) is 79.0 cm³/mol. The van der Waals surface area contributed by atoms with Crippen molar-refractivity contribution in [2.45, 2.75) is 51.0 Å². The second kappa shape index (κ2) is 6.19. The van der Waals surface area contributed by atoms with Crippen molar-refractivity contribution >= 4 is 11.9 Å². The molecule has 4 aliphatic carbocycles. The Hall–Kier alpha value is -1.10. The lowest BCUT2D eigenvalue weighted by molar-refractivity contribution is -0.204. The Kier molecular flexibility index (Phi) is 4.44. The number of carbonyl (C=O) groups excluding carboxylic acids is 2. The van der Waals surface area contributed by atoms with Gasteiger partial charge in [0.05, 0.1) is 6.42 Å². The first-order valence-corrected chi connectivity index (χ1v) is 8.37. The van der Waals surface area contributed by atoms with Crippen LogP contribution in [0.2, 0.25) is 0 Å². The van der Waals surface area contributed by atoms with Gasteiger partial charge < -0.3 is 14.2 Å². The molecule has 0 aromatic heterocycles. The first-order chi connectivity index (χ1) is 10.5. The lowest BCUT2D eigenvalue weighted by Crippen LogP contribution is -2.58. The molecule has 0 aliphatic heterocycles. The predicted octanol–water partition coefficient (Wildman–Crippen LogP) is 2.32. The molecule has 0 radical (unpaired) electrons. The average molecular weight is 310 g/mol. The Labute approximate surface area is 131 Å². The van der Waals surface area contributed by atoms with Gasteiger partial charge in [-0.1, -0.05) is 0 Å². The van der Waals surface area contributed by atoms with Gasteiger partial charge in [0.15, 0.2) is 0 Å². The third-order valence-electron chi connectivity index (χ3n) is 5.92. The summed E-state index contributed by atoms with van der Waals surface area (Å²) in [5, 5.41) is 0. The number of ether oxygens (including phenoxy) is 3. The fourth-order valence-electron chi connectivity index (χ4n) is 4.99. The van der Waals surface area contributed by atoms with Crippen LogP contribution in [0.5, 0.6) is 0 Å². The topological polar surface area (TPSA) is 61.8 Å². The van der Waals surface area contributed by atoms with Crippen molar-refractivity contribution in [2.24, 2.45) is 23.7 Å². The van der Waals surface area contributed by atoms with E-state index in [4.69, 9.17) is 9.47 Å². The lowest BCUT2D eigenvalue weighted by atomic mass is 9.50. The molecule has 4 aliphatic rings. The van der Waals surface area contributed by atoms with Gasteiger partial charge in [-0.25, -0.2) is 4.79 Å². The van der Waals surface area contributed by atoms with Gasteiger partial charge in [-0.2, -0.15) is 0 Å². The van der Waals surface area contributed by atoms with Gasteiger partial charge >= 0.3 is 11.9 Å². The van der Waals surface area contributed by atoms with Gasteiger partial charge in [0.25, 0.3) is 0 Å². The summed E-state index contributed by atoms with van der Waals surface area (Å²) < 4.78 is 15.5. The number of rotatable bonds is 6. The van der Waals surface area contributed by atoms with Gasteiger partial charge in [0.2, 0.25) is 0 Å². The number of esters is 2. The molecule has 0 amide bonds. The molecule has 4 saturated carbocycles. The van der Waals surface area contributed by atoms with Crippen molar-refractivity contribution in [1.82, 2.24) is 0 Å². The summed E-state index contributed by atoms with van der Waals surface area (Å²) in [7, 11) is 1.43. The summed E-state index contributed by atoms with van der Waals surface area (Å²) in [6.45, 7) is 2.10. The van der Waals surface area contributed by atoms with Crippen LogP contribution in [0, 0.1) is 23.7 Å². The normalized spacial score (nSPS) is 38.8. The highest BCUT2D eigenvalue weighted by Gasteiger charge is 2.56. The molecule has 0 saturated heterocycles. The van der Waals surface area contributed by atoms with E-state index in [2.05, 4.69) is 11.7 Å². The molecule has 4 fully saturated rings. The van der Waals surface area contributed by atoms with Crippen molar-refractivity contribution in [3.8, 4) is 0 Å². The van der Waals surface area contributed by atoms with Gasteiger partial charge in [-0.15, -0.1) is 0 Å². The molecule has 4 rings (SSSR count). The third kappa shape index (κ3) is 3.00. The molecule has 5 heteroatoms. The molecule has 0 atom stereocenters. The summed E-state index contributed by atoms with van der Waals surface area (Å²) in [6, 6.07) is 0. The lowest BCUT2D eigenvalue weighted by Gasteiger charge is -2.59. The Morgan fingerprint density at radius 3 is 2.14 bits per heavy atom. The second-order valence-electron chi connectivity index (χ2n) is 7.37. The second-order valence-corrected chi connectivity index (χ2v) is 7.37. The molecular weight excluding hydrogens is 284 g/mol. The fourth-order valence-corrected chi connectivity index (χ4v) is 4.99. The maximum atomic E-state index is 12.1. The van der Waals surface area contributed by atoms with Crippen molar-refractivity contribution in [3.05, 3.63) is 0 Å². The zero-order chi connectivity index (χ0) is 15.7. The summed E-state index contributed by atoms with van der Waals surface area (Å²) in [6.07, 6.45) is 6.34. The van der Waals surface area contributed by atoms with Crippen LogP contribution in [0.25, 0.3) is 0 Å². The fraction of sp³-hybridized carbons (Fsp3) is 0.882. The van der Waals surface area contributed by atoms with Gasteiger partial charge in [0.1, 0.15) is 18.8 Å². The summed E-state index contributed by atoms with van der Waals surface area (Å²) in [4.78, 5) is 23.3. The molecule has 0 aromatic carbocycles.